The molecular weight excluding hydrogens is 552 g/mol. The summed E-state index contributed by atoms with van der Waals surface area (Å²) in [6.07, 6.45) is 1.63. The van der Waals surface area contributed by atoms with Gasteiger partial charge in [0, 0.05) is 59.3 Å². The summed E-state index contributed by atoms with van der Waals surface area (Å²) in [4.78, 5) is 28.5. The number of carbonyl (C=O) groups excluding carboxylic acids is 2. The van der Waals surface area contributed by atoms with E-state index in [4.69, 9.17) is 18.6 Å². The van der Waals surface area contributed by atoms with Crippen LogP contribution < -0.4 is 4.74 Å². The van der Waals surface area contributed by atoms with Crippen molar-refractivity contribution in [3.05, 3.63) is 63.8 Å². The van der Waals surface area contributed by atoms with Crippen LogP contribution in [0.25, 0.3) is 11.0 Å². The monoisotopic (exact) mass is 586 g/mol. The van der Waals surface area contributed by atoms with Gasteiger partial charge in [-0.05, 0) is 45.9 Å². The Hall–Kier alpha value is -3.04. The average molecular weight is 588 g/mol. The summed E-state index contributed by atoms with van der Waals surface area (Å²) in [5.41, 5.74) is 3.09. The zero-order valence-corrected chi connectivity index (χ0v) is 24.0. The van der Waals surface area contributed by atoms with E-state index >= 15 is 0 Å². The number of ether oxygens (including phenoxy) is 3. The lowest BCUT2D eigenvalue weighted by molar-refractivity contribution is -0.142. The smallest absolute Gasteiger partial charge is 0.410 e. The van der Waals surface area contributed by atoms with Gasteiger partial charge in [0.25, 0.3) is 0 Å². The highest BCUT2D eigenvalue weighted by atomic mass is 79.9. The molecule has 204 valence electrons. The molecule has 9 heteroatoms. The standard InChI is InChI=1S/C29H35BrN2O6/c1-5-35-26(33)15-20-8-6-7-9-25(20)36-18-22-19-37-27-21(14-23(30)16-24(22)27)17-31-10-12-32(13-11-31)28(34)38-29(2,3)4/h6-9,14,16,19H,5,10-13,15,17-18H2,1-4H3. The van der Waals surface area contributed by atoms with Crippen LogP contribution in [0.15, 0.2) is 51.6 Å². The quantitative estimate of drug-likeness (QED) is 0.302. The molecule has 1 aliphatic rings. The van der Waals surface area contributed by atoms with Crippen LogP contribution in [0.3, 0.4) is 0 Å². The Kier molecular flexibility index (Phi) is 8.99. The lowest BCUT2D eigenvalue weighted by Crippen LogP contribution is -2.49. The number of rotatable bonds is 8. The van der Waals surface area contributed by atoms with E-state index in [2.05, 4.69) is 26.9 Å². The molecule has 8 nitrogen and oxygen atoms in total. The maximum absolute atomic E-state index is 12.4. The van der Waals surface area contributed by atoms with Crippen LogP contribution in [-0.2, 0) is 33.8 Å². The van der Waals surface area contributed by atoms with Gasteiger partial charge in [0.15, 0.2) is 0 Å². The van der Waals surface area contributed by atoms with Crippen LogP contribution in [0.1, 0.15) is 44.4 Å². The number of furan rings is 1. The number of fused-ring (bicyclic) bond motifs is 1. The molecule has 0 bridgehead atoms. The van der Waals surface area contributed by atoms with Gasteiger partial charge in [-0.3, -0.25) is 9.69 Å². The van der Waals surface area contributed by atoms with Crippen molar-refractivity contribution in [3.8, 4) is 5.75 Å². The predicted molar refractivity (Wildman–Crippen MR) is 148 cm³/mol. The molecule has 1 aromatic heterocycles. The Balaban J connectivity index is 1.42. The number of piperazine rings is 1. The Morgan fingerprint density at radius 3 is 2.47 bits per heavy atom. The van der Waals surface area contributed by atoms with Crippen LogP contribution in [0, 0.1) is 0 Å². The molecule has 3 aromatic rings. The molecule has 0 atom stereocenters. The Morgan fingerprint density at radius 2 is 1.76 bits per heavy atom. The normalized spacial score (nSPS) is 14.5. The van der Waals surface area contributed by atoms with Gasteiger partial charge in [-0.2, -0.15) is 0 Å². The molecule has 0 radical (unpaired) electrons. The molecule has 0 unspecified atom stereocenters. The van der Waals surface area contributed by atoms with Crippen molar-refractivity contribution in [2.45, 2.75) is 52.9 Å². The van der Waals surface area contributed by atoms with E-state index in [1.54, 1.807) is 18.1 Å². The van der Waals surface area contributed by atoms with Crippen molar-refractivity contribution >= 4 is 39.0 Å². The Bertz CT molecular complexity index is 1270. The molecule has 2 aromatic carbocycles. The number of hydrogen-bond acceptors (Lipinski definition) is 7. The molecular formula is C29H35BrN2O6. The van der Waals surface area contributed by atoms with E-state index in [0.717, 1.165) is 45.2 Å². The maximum Gasteiger partial charge on any atom is 0.410 e. The van der Waals surface area contributed by atoms with Crippen LogP contribution in [0.4, 0.5) is 4.79 Å². The van der Waals surface area contributed by atoms with Gasteiger partial charge in [0.1, 0.15) is 23.5 Å². The zero-order chi connectivity index (χ0) is 27.3. The molecule has 1 saturated heterocycles. The minimum atomic E-state index is -0.500. The van der Waals surface area contributed by atoms with Crippen LogP contribution in [0.2, 0.25) is 0 Å². The third kappa shape index (κ3) is 7.29. The number of para-hydroxylation sites is 1. The fraction of sp³-hybridized carbons (Fsp3) is 0.448. The van der Waals surface area contributed by atoms with Crippen LogP contribution in [-0.4, -0.2) is 60.2 Å². The summed E-state index contributed by atoms with van der Waals surface area (Å²) in [6, 6.07) is 11.6. The molecule has 1 amide bonds. The van der Waals surface area contributed by atoms with E-state index in [1.807, 2.05) is 51.1 Å². The van der Waals surface area contributed by atoms with Gasteiger partial charge in [-0.25, -0.2) is 4.79 Å². The van der Waals surface area contributed by atoms with Gasteiger partial charge in [-0.15, -0.1) is 0 Å². The number of hydrogen-bond donors (Lipinski definition) is 0. The number of esters is 1. The largest absolute Gasteiger partial charge is 0.488 e. The molecule has 2 heterocycles. The van der Waals surface area contributed by atoms with E-state index < -0.39 is 5.60 Å². The first-order valence-electron chi connectivity index (χ1n) is 12.9. The Morgan fingerprint density at radius 1 is 1.03 bits per heavy atom. The Labute approximate surface area is 231 Å². The van der Waals surface area contributed by atoms with Crippen LogP contribution in [0.5, 0.6) is 5.75 Å². The topological polar surface area (TPSA) is 81.5 Å². The second kappa shape index (κ2) is 12.2. The van der Waals surface area contributed by atoms with Gasteiger partial charge in [-0.1, -0.05) is 34.1 Å². The average Bonchev–Trinajstić information content (AvgIpc) is 3.26. The highest BCUT2D eigenvalue weighted by Crippen LogP contribution is 2.31. The lowest BCUT2D eigenvalue weighted by Gasteiger charge is -2.35. The van der Waals surface area contributed by atoms with Crippen molar-refractivity contribution in [1.82, 2.24) is 9.80 Å². The lowest BCUT2D eigenvalue weighted by atomic mass is 10.1. The summed E-state index contributed by atoms with van der Waals surface area (Å²) in [6.45, 7) is 11.5. The van der Waals surface area contributed by atoms with Gasteiger partial charge < -0.3 is 23.5 Å². The molecule has 1 aliphatic heterocycles. The molecule has 1 fully saturated rings. The summed E-state index contributed by atoms with van der Waals surface area (Å²) in [5.74, 6) is 0.366. The second-order valence-corrected chi connectivity index (χ2v) is 11.2. The molecule has 0 saturated carbocycles. The summed E-state index contributed by atoms with van der Waals surface area (Å²) in [5, 5.41) is 0.977. The molecule has 0 spiro atoms. The number of halogens is 1. The first-order chi connectivity index (χ1) is 18.1. The van der Waals surface area contributed by atoms with E-state index in [-0.39, 0.29) is 18.5 Å². The molecule has 0 aliphatic carbocycles. The predicted octanol–water partition coefficient (Wildman–Crippen LogP) is 5.93. The first-order valence-corrected chi connectivity index (χ1v) is 13.7. The zero-order valence-electron chi connectivity index (χ0n) is 22.4. The van der Waals surface area contributed by atoms with Gasteiger partial charge in [0.05, 0.1) is 19.3 Å². The minimum absolute atomic E-state index is 0.160. The van der Waals surface area contributed by atoms with E-state index in [0.29, 0.717) is 38.6 Å². The summed E-state index contributed by atoms with van der Waals surface area (Å²) in [7, 11) is 0. The highest BCUT2D eigenvalue weighted by molar-refractivity contribution is 9.10. The number of benzene rings is 2. The first kappa shape index (κ1) is 28.0. The van der Waals surface area contributed by atoms with Crippen molar-refractivity contribution < 1.29 is 28.2 Å². The van der Waals surface area contributed by atoms with E-state index in [1.165, 1.54) is 0 Å². The fourth-order valence-electron chi connectivity index (χ4n) is 4.42. The fourth-order valence-corrected chi connectivity index (χ4v) is 4.93. The second-order valence-electron chi connectivity index (χ2n) is 10.3. The summed E-state index contributed by atoms with van der Waals surface area (Å²) >= 11 is 3.65. The third-order valence-corrected chi connectivity index (χ3v) is 6.67. The summed E-state index contributed by atoms with van der Waals surface area (Å²) < 4.78 is 23.7. The minimum Gasteiger partial charge on any atom is -0.488 e. The molecule has 38 heavy (non-hydrogen) atoms. The molecule has 0 N–H and O–H groups in total. The van der Waals surface area contributed by atoms with Gasteiger partial charge >= 0.3 is 12.1 Å². The van der Waals surface area contributed by atoms with Crippen molar-refractivity contribution in [3.63, 3.8) is 0 Å². The number of carbonyl (C=O) groups is 2. The number of amides is 1. The van der Waals surface area contributed by atoms with Crippen molar-refractivity contribution in [2.75, 3.05) is 32.8 Å². The van der Waals surface area contributed by atoms with Crippen LogP contribution >= 0.6 is 15.9 Å². The van der Waals surface area contributed by atoms with E-state index in [9.17, 15) is 9.59 Å². The van der Waals surface area contributed by atoms with Crippen molar-refractivity contribution in [2.24, 2.45) is 0 Å². The SMILES string of the molecule is CCOC(=O)Cc1ccccc1OCc1coc2c(CN3CCN(C(=O)OC(C)(C)C)CC3)cc(Br)cc12. The highest BCUT2D eigenvalue weighted by Gasteiger charge is 2.26. The maximum atomic E-state index is 12.4. The third-order valence-electron chi connectivity index (χ3n) is 6.21. The van der Waals surface area contributed by atoms with Crippen molar-refractivity contribution in [1.29, 1.82) is 0 Å². The molecule has 4 rings (SSSR count). The number of nitrogens with zero attached hydrogens (tertiary/aromatic N) is 2. The van der Waals surface area contributed by atoms with Gasteiger partial charge in [0.2, 0.25) is 0 Å².